The molecular weight excluding hydrogens is 220 g/mol. The molecule has 0 bridgehead atoms. The van der Waals surface area contributed by atoms with E-state index in [9.17, 15) is 19.8 Å². The Balaban J connectivity index is 4.51. The molecule has 16 heavy (non-hydrogen) atoms. The minimum absolute atomic E-state index is 0.0966. The molecule has 0 spiro atoms. The van der Waals surface area contributed by atoms with Gasteiger partial charge in [0.25, 0.3) is 0 Å². The Labute approximate surface area is 91.6 Å². The summed E-state index contributed by atoms with van der Waals surface area (Å²) in [6.07, 6.45) is -6.04. The van der Waals surface area contributed by atoms with Crippen LogP contribution in [0.3, 0.4) is 0 Å². The zero-order valence-corrected chi connectivity index (χ0v) is 8.39. The summed E-state index contributed by atoms with van der Waals surface area (Å²) in [5, 5.41) is 36.1. The van der Waals surface area contributed by atoms with Crippen molar-refractivity contribution >= 4 is 12.3 Å². The molecule has 4 atom stereocenters. The van der Waals surface area contributed by atoms with Gasteiger partial charge in [0.2, 0.25) is 0 Å². The molecular formula is C9H14O7. The van der Waals surface area contributed by atoms with Gasteiger partial charge in [0, 0.05) is 6.08 Å². The largest absolute Gasteiger partial charge is 0.449 e. The molecule has 7 nitrogen and oxygen atoms in total. The van der Waals surface area contributed by atoms with Gasteiger partial charge < -0.3 is 25.2 Å². The lowest BCUT2D eigenvalue weighted by Crippen LogP contribution is -2.47. The zero-order valence-electron chi connectivity index (χ0n) is 8.39. The first-order valence-electron chi connectivity index (χ1n) is 4.41. The lowest BCUT2D eigenvalue weighted by Gasteiger charge is -2.25. The fourth-order valence-corrected chi connectivity index (χ4v) is 0.890. The number of aldehydes is 1. The van der Waals surface area contributed by atoms with Crippen molar-refractivity contribution in [2.24, 2.45) is 0 Å². The van der Waals surface area contributed by atoms with E-state index in [1.165, 1.54) is 0 Å². The number of esters is 1. The molecule has 4 N–H and O–H groups in total. The average molecular weight is 234 g/mol. The van der Waals surface area contributed by atoms with E-state index in [-0.39, 0.29) is 6.29 Å². The molecule has 0 aliphatic rings. The van der Waals surface area contributed by atoms with E-state index in [1.54, 1.807) is 0 Å². The van der Waals surface area contributed by atoms with Gasteiger partial charge in [0.1, 0.15) is 18.3 Å². The maximum absolute atomic E-state index is 10.7. The second-order valence-electron chi connectivity index (χ2n) is 2.97. The monoisotopic (exact) mass is 234 g/mol. The van der Waals surface area contributed by atoms with Gasteiger partial charge in [0.15, 0.2) is 12.4 Å². The Bertz CT molecular complexity index is 252. The first-order valence-corrected chi connectivity index (χ1v) is 4.41. The van der Waals surface area contributed by atoms with Gasteiger partial charge in [-0.2, -0.15) is 0 Å². The fourth-order valence-electron chi connectivity index (χ4n) is 0.890. The van der Waals surface area contributed by atoms with Crippen LogP contribution in [-0.4, -0.2) is 63.7 Å². The van der Waals surface area contributed by atoms with Crippen molar-refractivity contribution in [3.8, 4) is 0 Å². The van der Waals surface area contributed by atoms with Gasteiger partial charge in [0.05, 0.1) is 6.61 Å². The number of aliphatic hydroxyl groups is 4. The van der Waals surface area contributed by atoms with Gasteiger partial charge in [-0.1, -0.05) is 6.58 Å². The summed E-state index contributed by atoms with van der Waals surface area (Å²) in [5.74, 6) is -0.957. The highest BCUT2D eigenvalue weighted by molar-refractivity contribution is 5.82. The number of aliphatic hydroxyl groups excluding tert-OH is 4. The van der Waals surface area contributed by atoms with E-state index >= 15 is 0 Å². The molecule has 0 aliphatic heterocycles. The van der Waals surface area contributed by atoms with Crippen LogP contribution < -0.4 is 0 Å². The Morgan fingerprint density at radius 3 is 2.25 bits per heavy atom. The number of hydrogen-bond acceptors (Lipinski definition) is 7. The molecule has 0 aromatic rings. The fraction of sp³-hybridized carbons (Fsp3) is 0.556. The van der Waals surface area contributed by atoms with E-state index < -0.39 is 37.0 Å². The second kappa shape index (κ2) is 7.07. The van der Waals surface area contributed by atoms with Crippen molar-refractivity contribution < 1.29 is 34.8 Å². The normalized spacial score (nSPS) is 18.0. The Morgan fingerprint density at radius 1 is 1.31 bits per heavy atom. The van der Waals surface area contributed by atoms with Crippen molar-refractivity contribution in [2.75, 3.05) is 6.61 Å². The van der Waals surface area contributed by atoms with Crippen LogP contribution in [0.1, 0.15) is 0 Å². The smallest absolute Gasteiger partial charge is 0.330 e. The van der Waals surface area contributed by atoms with Crippen LogP contribution in [0.15, 0.2) is 12.7 Å². The summed E-state index contributed by atoms with van der Waals surface area (Å²) in [6, 6.07) is 0. The summed E-state index contributed by atoms with van der Waals surface area (Å²) in [7, 11) is 0. The summed E-state index contributed by atoms with van der Waals surface area (Å²) in [6.45, 7) is 2.27. The minimum Gasteiger partial charge on any atom is -0.449 e. The van der Waals surface area contributed by atoms with E-state index in [4.69, 9.17) is 10.2 Å². The molecule has 0 unspecified atom stereocenters. The molecule has 0 aromatic heterocycles. The Morgan fingerprint density at radius 2 is 1.88 bits per heavy atom. The van der Waals surface area contributed by atoms with Crippen LogP contribution in [-0.2, 0) is 14.3 Å². The molecule has 0 saturated heterocycles. The molecule has 7 heteroatoms. The van der Waals surface area contributed by atoms with Crippen molar-refractivity contribution in [1.29, 1.82) is 0 Å². The first-order chi connectivity index (χ1) is 7.47. The molecule has 0 fully saturated rings. The first kappa shape index (κ1) is 14.7. The minimum atomic E-state index is -1.83. The van der Waals surface area contributed by atoms with Gasteiger partial charge in [-0.3, -0.25) is 4.79 Å². The highest BCUT2D eigenvalue weighted by Gasteiger charge is 2.33. The number of rotatable bonds is 7. The lowest BCUT2D eigenvalue weighted by atomic mass is 10.0. The van der Waals surface area contributed by atoms with E-state index in [0.717, 1.165) is 6.08 Å². The van der Waals surface area contributed by atoms with Gasteiger partial charge in [-0.05, 0) is 0 Å². The zero-order chi connectivity index (χ0) is 12.7. The van der Waals surface area contributed by atoms with Crippen molar-refractivity contribution in [3.05, 3.63) is 12.7 Å². The summed E-state index contributed by atoms with van der Waals surface area (Å²) in [4.78, 5) is 21.2. The van der Waals surface area contributed by atoms with Crippen LogP contribution in [0.4, 0.5) is 0 Å². The summed E-state index contributed by atoms with van der Waals surface area (Å²) >= 11 is 0. The van der Waals surface area contributed by atoms with E-state index in [1.807, 2.05) is 0 Å². The Hall–Kier alpha value is -1.28. The van der Waals surface area contributed by atoms with Crippen LogP contribution in [0.25, 0.3) is 0 Å². The van der Waals surface area contributed by atoms with Crippen LogP contribution in [0, 0.1) is 0 Å². The summed E-state index contributed by atoms with van der Waals surface area (Å²) in [5.41, 5.74) is 0. The maximum Gasteiger partial charge on any atom is 0.330 e. The predicted octanol–water partition coefficient (Wildman–Crippen LogP) is -2.64. The van der Waals surface area contributed by atoms with E-state index in [0.29, 0.717) is 0 Å². The van der Waals surface area contributed by atoms with Gasteiger partial charge in [-0.15, -0.1) is 0 Å². The molecule has 0 amide bonds. The Kier molecular flexibility index (Phi) is 6.50. The highest BCUT2D eigenvalue weighted by atomic mass is 16.6. The maximum atomic E-state index is 10.7. The molecule has 0 aliphatic carbocycles. The molecule has 92 valence electrons. The van der Waals surface area contributed by atoms with Crippen molar-refractivity contribution in [3.63, 3.8) is 0 Å². The third-order valence-electron chi connectivity index (χ3n) is 1.82. The van der Waals surface area contributed by atoms with Crippen LogP contribution in [0.5, 0.6) is 0 Å². The summed E-state index contributed by atoms with van der Waals surface area (Å²) < 4.78 is 4.40. The predicted molar refractivity (Wildman–Crippen MR) is 51.2 cm³/mol. The SMILES string of the molecule is C=CC(=O)O[C@@H](C=O)[C@H](O)[C@H](O)[C@H](O)CO. The van der Waals surface area contributed by atoms with Crippen molar-refractivity contribution in [2.45, 2.75) is 24.4 Å². The second-order valence-corrected chi connectivity index (χ2v) is 2.97. The van der Waals surface area contributed by atoms with E-state index in [2.05, 4.69) is 11.3 Å². The van der Waals surface area contributed by atoms with Crippen LogP contribution >= 0.6 is 0 Å². The third-order valence-corrected chi connectivity index (χ3v) is 1.82. The molecule has 0 saturated carbocycles. The third kappa shape index (κ3) is 4.07. The average Bonchev–Trinajstić information content (AvgIpc) is 2.32. The quantitative estimate of drug-likeness (QED) is 0.215. The topological polar surface area (TPSA) is 124 Å². The number of carbonyl (C=O) groups excluding carboxylic acids is 2. The van der Waals surface area contributed by atoms with Crippen molar-refractivity contribution in [1.82, 2.24) is 0 Å². The molecule has 0 radical (unpaired) electrons. The number of ether oxygens (including phenoxy) is 1. The lowest BCUT2D eigenvalue weighted by molar-refractivity contribution is -0.163. The molecule has 0 heterocycles. The number of hydrogen-bond donors (Lipinski definition) is 4. The highest BCUT2D eigenvalue weighted by Crippen LogP contribution is 2.07. The molecule has 0 aromatic carbocycles. The van der Waals surface area contributed by atoms with Gasteiger partial charge in [-0.25, -0.2) is 4.79 Å². The standard InChI is InChI=1S/C9H14O7/c1-2-7(13)16-6(4-11)9(15)8(14)5(12)3-10/h2,4-6,8-10,12,14-15H,1,3H2/t5-,6+,8-,9+/m1/s1. The van der Waals surface area contributed by atoms with Crippen LogP contribution in [0.2, 0.25) is 0 Å². The number of carbonyl (C=O) groups is 2. The molecule has 0 rings (SSSR count). The van der Waals surface area contributed by atoms with Gasteiger partial charge >= 0.3 is 5.97 Å².